The molecule has 4 amide bonds. The molecule has 8 N–H and O–H groups in total. The number of ether oxygens (including phenoxy) is 3. The molecule has 37 heteroatoms. The largest absolute Gasteiger partial charge is 0.416 e. The van der Waals surface area contributed by atoms with Gasteiger partial charge in [0.1, 0.15) is 0 Å². The second-order valence-corrected chi connectivity index (χ2v) is 36.4. The third-order valence-corrected chi connectivity index (χ3v) is 24.0. The summed E-state index contributed by atoms with van der Waals surface area (Å²) in [5.74, 6) is 0. The highest BCUT2D eigenvalue weighted by Gasteiger charge is 2.58. The van der Waals surface area contributed by atoms with Crippen molar-refractivity contribution in [1.82, 2.24) is 29.8 Å². The fraction of sp³-hybridized carbons (Fsp3) is 0.519. The van der Waals surface area contributed by atoms with E-state index in [1.807, 2.05) is 111 Å². The Balaban J connectivity index is 0.000000194. The van der Waals surface area contributed by atoms with E-state index in [2.05, 4.69) is 24.7 Å². The Morgan fingerprint density at radius 1 is 0.432 bits per heavy atom. The number of amides is 4. The number of carbonyl (C=O) groups is 2. The Morgan fingerprint density at radius 3 is 0.949 bits per heavy atom. The second-order valence-electron chi connectivity index (χ2n) is 31.8. The van der Waals surface area contributed by atoms with Crippen molar-refractivity contribution in [2.24, 2.45) is 16.1 Å². The number of piperidine rings is 3. The molecule has 18 nitrogen and oxygen atoms in total. The predicted octanol–water partition coefficient (Wildman–Crippen LogP) is 16.1. The van der Waals surface area contributed by atoms with Crippen molar-refractivity contribution in [3.63, 3.8) is 0 Å². The number of rotatable bonds is 19. The molecule has 6 bridgehead atoms. The maximum atomic E-state index is 13.4. The number of alkyl halides is 18. The number of nitrogens with two attached hydrogens (primary N) is 2. The molecule has 6 saturated heterocycles. The molecule has 0 aromatic heterocycles. The fourth-order valence-corrected chi connectivity index (χ4v) is 16.8. The number of nitrogens with one attached hydrogen (secondary N) is 1. The molecule has 0 radical (unpaired) electrons. The molecule has 6 heterocycles. The Labute approximate surface area is 671 Å². The number of benzene rings is 6. The van der Waals surface area contributed by atoms with Crippen LogP contribution in [0.5, 0.6) is 0 Å². The van der Waals surface area contributed by atoms with Crippen molar-refractivity contribution in [2.75, 3.05) is 98.5 Å². The quantitative estimate of drug-likeness (QED) is 0.0192. The summed E-state index contributed by atoms with van der Waals surface area (Å²) in [6.45, 7) is 13.3. The van der Waals surface area contributed by atoms with Crippen LogP contribution in [0.4, 0.5) is 88.6 Å². The van der Waals surface area contributed by atoms with Gasteiger partial charge in [-0.2, -0.15) is 79.0 Å². The lowest BCUT2D eigenvalue weighted by Crippen LogP contribution is -2.73. The van der Waals surface area contributed by atoms with E-state index in [1.54, 1.807) is 6.08 Å². The number of hydrogen-bond acceptors (Lipinski definition) is 14. The highest BCUT2D eigenvalue weighted by molar-refractivity contribution is 6.74. The van der Waals surface area contributed by atoms with Gasteiger partial charge in [0.15, 0.2) is 8.24 Å². The average Bonchev–Trinajstić information content (AvgIpc) is 0.751. The van der Waals surface area contributed by atoms with Crippen molar-refractivity contribution in [1.29, 1.82) is 0 Å². The van der Waals surface area contributed by atoms with E-state index in [4.69, 9.17) is 25.7 Å². The molecule has 0 saturated carbocycles. The van der Waals surface area contributed by atoms with Crippen LogP contribution in [0.3, 0.4) is 0 Å². The van der Waals surface area contributed by atoms with Gasteiger partial charge >= 0.3 is 49.1 Å². The molecule has 118 heavy (non-hydrogen) atoms. The third-order valence-electron chi connectivity index (χ3n) is 23.2. The Kier molecular flexibility index (Phi) is 28.8. The minimum atomic E-state index is -4.96. The van der Waals surface area contributed by atoms with Gasteiger partial charge in [0.25, 0.3) is 0 Å². The summed E-state index contributed by atoms with van der Waals surface area (Å²) in [5, 5.41) is 33.8. The van der Waals surface area contributed by atoms with Crippen molar-refractivity contribution in [3.8, 4) is 0 Å². The normalized spacial score (nSPS) is 26.1. The maximum Gasteiger partial charge on any atom is 0.416 e. The fourth-order valence-electron chi connectivity index (χ4n) is 16.5. The number of aliphatic hydroxyl groups is 3. The molecule has 12 atom stereocenters. The van der Waals surface area contributed by atoms with E-state index in [-0.39, 0.29) is 101 Å². The number of piperazine rings is 3. The van der Waals surface area contributed by atoms with Crippen LogP contribution in [0.15, 0.2) is 150 Å². The number of halogens is 18. The number of aliphatic hydroxyl groups excluding tert-OH is 3. The summed E-state index contributed by atoms with van der Waals surface area (Å²) in [5.41, 5.74) is 0.395. The van der Waals surface area contributed by atoms with Crippen molar-refractivity contribution in [3.05, 3.63) is 212 Å². The van der Waals surface area contributed by atoms with Crippen molar-refractivity contribution >= 4 is 26.4 Å². The zero-order valence-corrected chi connectivity index (χ0v) is 66.4. The summed E-state index contributed by atoms with van der Waals surface area (Å²) in [4.78, 5) is 42.9. The van der Waals surface area contributed by atoms with Crippen LogP contribution >= 0.6 is 0 Å². The number of primary amides is 2. The number of carbonyl (C=O) groups excluding carboxylic acids is 3. The topological polar surface area (TPSA) is 232 Å². The minimum Gasteiger partial charge on any atom is -0.394 e. The summed E-state index contributed by atoms with van der Waals surface area (Å²) in [6.07, 6.45) is -28.5. The highest BCUT2D eigenvalue weighted by atomic mass is 28.3. The molecule has 6 aromatic rings. The van der Waals surface area contributed by atoms with Crippen LogP contribution in [0, 0.1) is 0 Å². The van der Waals surface area contributed by atoms with E-state index in [9.17, 15) is 109 Å². The number of urea groups is 2. The smallest absolute Gasteiger partial charge is 0.394 e. The van der Waals surface area contributed by atoms with Crippen LogP contribution in [0.1, 0.15) is 144 Å². The van der Waals surface area contributed by atoms with Gasteiger partial charge in [-0.25, -0.2) is 19.0 Å². The molecule has 3 unspecified atom stereocenters. The third kappa shape index (κ3) is 21.4. The van der Waals surface area contributed by atoms with Crippen LogP contribution in [0.2, 0.25) is 19.6 Å². The van der Waals surface area contributed by atoms with E-state index in [0.29, 0.717) is 95.5 Å². The first-order chi connectivity index (χ1) is 54.9. The SMILES string of the molecule is C[C@@H](OC[C@@]1(c2ccccc2)CC[C@]2(CO)CN1CCN2)c1cc(C(F)(F)F)cc(C(F)(F)F)c1.C[C@@H](OC[C@@]1(c2ccccc2)CC[C@]2(CO)CN1CCN2C(N)=O)c1cc(C(F)(F)F)cc(C(F)(F)F)c1.C[C@@H](OC[C@@]1(c2ccccc2)CC[C@]2(CO)CN1CCN2C(N)=O)c1cc(C(F)(F)F)cc(C(F)(F)F)c1.C[Si](C)(C)N=C=O. The first kappa shape index (κ1) is 93.7. The van der Waals surface area contributed by atoms with Crippen LogP contribution in [0.25, 0.3) is 0 Å². The van der Waals surface area contributed by atoms with Gasteiger partial charge in [0, 0.05) is 58.9 Å². The van der Waals surface area contributed by atoms with Gasteiger partial charge in [-0.3, -0.25) is 14.7 Å². The molecular formula is C81H95F18N9O9Si. The average molecular weight is 1710 g/mol. The Bertz CT molecular complexity index is 4170. The molecule has 12 rings (SSSR count). The van der Waals surface area contributed by atoms with Gasteiger partial charge < -0.3 is 56.1 Å². The molecule has 6 aliphatic rings. The second kappa shape index (κ2) is 36.2. The van der Waals surface area contributed by atoms with Gasteiger partial charge in [-0.1, -0.05) is 91.0 Å². The molecular weight excluding hydrogens is 1610 g/mol. The van der Waals surface area contributed by atoms with E-state index >= 15 is 0 Å². The minimum absolute atomic E-state index is 0.0317. The standard InChI is InChI=1S/2C26H29F6N3O3.C25H28F6N2O2.C4H9NOSi/c2*1-17(18-11-20(25(27,28)29)13-21(12-18)26(30,31)32)38-16-24(19-5-3-2-4-6-19)8-7-23(15-36)14-34(24)9-10-35(23)22(33)37;1-17(18-11-20(24(26,27)28)13-21(12-18)25(29,30)31)35-16-23(19-5-3-2-4-6-19)8-7-22(15-34)14-33(23)10-9-32-22;1-7(2,3)5-4-6/h2*2-6,11-13,17,36H,7-10,14-16H2,1H3,(H2,33,37);2-6,11-13,17,32,34H,7-10,14-16H2,1H3;1-3H3/t2*17-,23-,24-;17-,22-,23-;/m111./s1. The van der Waals surface area contributed by atoms with E-state index in [0.717, 1.165) is 28.8 Å². The Morgan fingerprint density at radius 2 is 0.712 bits per heavy atom. The number of fused-ring (bicyclic) bond motifs is 6. The van der Waals surface area contributed by atoms with Crippen LogP contribution < -0.4 is 16.8 Å². The summed E-state index contributed by atoms with van der Waals surface area (Å²) >= 11 is 0. The van der Waals surface area contributed by atoms with Crippen molar-refractivity contribution in [2.45, 2.75) is 168 Å². The lowest BCUT2D eigenvalue weighted by atomic mass is 9.72. The van der Waals surface area contributed by atoms with Crippen LogP contribution in [-0.4, -0.2) is 181 Å². The first-order valence-corrected chi connectivity index (χ1v) is 41.3. The Hall–Kier alpha value is -8.20. The summed E-state index contributed by atoms with van der Waals surface area (Å²) < 4.78 is 262. The highest BCUT2D eigenvalue weighted by Crippen LogP contribution is 2.51. The molecule has 0 spiro atoms. The summed E-state index contributed by atoms with van der Waals surface area (Å²) in [6, 6.07) is 31.2. The predicted molar refractivity (Wildman–Crippen MR) is 401 cm³/mol. The molecule has 6 fully saturated rings. The number of isocyanates is 1. The van der Waals surface area contributed by atoms with E-state index < -0.39 is 142 Å². The molecule has 6 aliphatic heterocycles. The summed E-state index contributed by atoms with van der Waals surface area (Å²) in [7, 11) is -1.46. The first-order valence-electron chi connectivity index (χ1n) is 37.8. The van der Waals surface area contributed by atoms with Gasteiger partial charge in [-0.05, 0) is 167 Å². The number of hydrogen-bond donors (Lipinski definition) is 6. The molecule has 0 aliphatic carbocycles. The van der Waals surface area contributed by atoms with Crippen LogP contribution in [-0.2, 0) is 72.7 Å². The van der Waals surface area contributed by atoms with Gasteiger partial charge in [-0.15, -0.1) is 0 Å². The lowest BCUT2D eigenvalue weighted by Gasteiger charge is -2.60. The van der Waals surface area contributed by atoms with E-state index in [1.165, 1.54) is 30.6 Å². The zero-order chi connectivity index (χ0) is 87.3. The lowest BCUT2D eigenvalue weighted by molar-refractivity contribution is -0.145. The number of nitrogens with zero attached hydrogens (tertiary/aromatic N) is 6. The zero-order valence-electron chi connectivity index (χ0n) is 65.4. The van der Waals surface area contributed by atoms with Gasteiger partial charge in [0.05, 0.1) is 125 Å². The molecule has 648 valence electrons. The monoisotopic (exact) mass is 1710 g/mol. The molecule has 6 aromatic carbocycles. The van der Waals surface area contributed by atoms with Gasteiger partial charge in [0.2, 0.25) is 6.08 Å². The van der Waals surface area contributed by atoms with Crippen molar-refractivity contribution < 1.29 is 123 Å². The maximum absolute atomic E-state index is 13.4.